The number of nitrogens with one attached hydrogen (secondary N) is 4. The van der Waals surface area contributed by atoms with Crippen molar-refractivity contribution in [1.82, 2.24) is 25.1 Å². The molecule has 0 saturated carbocycles. The summed E-state index contributed by atoms with van der Waals surface area (Å²) < 4.78 is 1.16. The van der Waals surface area contributed by atoms with Gasteiger partial charge >= 0.3 is 0 Å². The Morgan fingerprint density at radius 3 is 2.50 bits per heavy atom. The summed E-state index contributed by atoms with van der Waals surface area (Å²) in [6.45, 7) is 1.13. The first kappa shape index (κ1) is 20.7. The Kier molecular flexibility index (Phi) is 5.37. The number of rotatable bonds is 5. The lowest BCUT2D eigenvalue weighted by atomic mass is 10.1. The number of H-pyrrole nitrogens is 2. The van der Waals surface area contributed by atoms with Crippen LogP contribution < -0.4 is 27.3 Å². The number of anilines is 1. The van der Waals surface area contributed by atoms with Crippen LogP contribution in [0.1, 0.15) is 5.56 Å². The Balaban J connectivity index is 1.44. The van der Waals surface area contributed by atoms with E-state index in [1.807, 2.05) is 13.0 Å². The van der Waals surface area contributed by atoms with Gasteiger partial charge < -0.3 is 10.6 Å². The van der Waals surface area contributed by atoms with Crippen molar-refractivity contribution in [2.45, 2.75) is 13.5 Å². The third-order valence-electron chi connectivity index (χ3n) is 4.92. The van der Waals surface area contributed by atoms with Gasteiger partial charge in [0, 0.05) is 0 Å². The van der Waals surface area contributed by atoms with E-state index in [9.17, 15) is 24.0 Å². The van der Waals surface area contributed by atoms with E-state index in [2.05, 4.69) is 25.8 Å². The molecule has 0 aliphatic carbocycles. The molecule has 4 N–H and O–H groups in total. The zero-order chi connectivity index (χ0) is 22.8. The van der Waals surface area contributed by atoms with Gasteiger partial charge in [-0.3, -0.25) is 38.7 Å². The number of aryl methyl sites for hydroxylation is 1. The molecule has 2 aromatic carbocycles. The summed E-state index contributed by atoms with van der Waals surface area (Å²) >= 11 is 0. The van der Waals surface area contributed by atoms with Gasteiger partial charge in [-0.2, -0.15) is 0 Å². The van der Waals surface area contributed by atoms with Crippen molar-refractivity contribution in [3.63, 3.8) is 0 Å². The van der Waals surface area contributed by atoms with E-state index in [0.29, 0.717) is 10.9 Å². The Hall–Kier alpha value is -4.54. The van der Waals surface area contributed by atoms with E-state index < -0.39 is 29.5 Å². The molecule has 2 heterocycles. The van der Waals surface area contributed by atoms with Crippen molar-refractivity contribution in [1.29, 1.82) is 0 Å². The molecule has 0 aliphatic rings. The van der Waals surface area contributed by atoms with E-state index in [-0.39, 0.29) is 28.6 Å². The minimum absolute atomic E-state index is 0.0278. The quantitative estimate of drug-likeness (QED) is 0.346. The van der Waals surface area contributed by atoms with Gasteiger partial charge in [0.15, 0.2) is 0 Å². The number of benzene rings is 2. The van der Waals surface area contributed by atoms with Crippen LogP contribution in [0, 0.1) is 6.92 Å². The summed E-state index contributed by atoms with van der Waals surface area (Å²) in [7, 11) is 0. The Morgan fingerprint density at radius 1 is 0.969 bits per heavy atom. The van der Waals surface area contributed by atoms with Crippen LogP contribution in [-0.4, -0.2) is 38.1 Å². The second kappa shape index (κ2) is 8.30. The van der Waals surface area contributed by atoms with Crippen molar-refractivity contribution >= 4 is 39.2 Å². The van der Waals surface area contributed by atoms with Gasteiger partial charge in [0.25, 0.3) is 16.7 Å². The zero-order valence-corrected chi connectivity index (χ0v) is 16.9. The molecular weight excluding hydrogens is 416 g/mol. The van der Waals surface area contributed by atoms with Gasteiger partial charge in [0.2, 0.25) is 11.8 Å². The van der Waals surface area contributed by atoms with E-state index >= 15 is 0 Å². The summed E-state index contributed by atoms with van der Waals surface area (Å²) in [4.78, 5) is 65.3. The Morgan fingerprint density at radius 2 is 1.69 bits per heavy atom. The molecule has 0 saturated heterocycles. The van der Waals surface area contributed by atoms with Crippen molar-refractivity contribution in [2.24, 2.45) is 0 Å². The summed E-state index contributed by atoms with van der Waals surface area (Å²) in [5, 5.41) is 9.88. The molecule has 0 aliphatic heterocycles. The van der Waals surface area contributed by atoms with Crippen LogP contribution in [-0.2, 0) is 16.1 Å². The number of fused-ring (bicyclic) bond motifs is 2. The highest BCUT2D eigenvalue weighted by Crippen LogP contribution is 2.16. The van der Waals surface area contributed by atoms with Crippen LogP contribution in [0.5, 0.6) is 0 Å². The number of carbonyl (C=O) groups is 2. The lowest BCUT2D eigenvalue weighted by molar-refractivity contribution is -0.124. The van der Waals surface area contributed by atoms with Crippen LogP contribution in [0.4, 0.5) is 5.69 Å². The number of hydrogen-bond donors (Lipinski definition) is 4. The normalized spacial score (nSPS) is 10.9. The van der Waals surface area contributed by atoms with Gasteiger partial charge in [-0.25, -0.2) is 4.98 Å². The Labute approximate surface area is 179 Å². The lowest BCUT2D eigenvalue weighted by Crippen LogP contribution is -2.37. The van der Waals surface area contributed by atoms with E-state index in [1.165, 1.54) is 24.5 Å². The van der Waals surface area contributed by atoms with Crippen LogP contribution in [0.2, 0.25) is 0 Å². The predicted molar refractivity (Wildman–Crippen MR) is 118 cm³/mol. The standard InChI is InChI=1S/C21H18N6O5/c1-11-4-2-6-13-18(11)23-10-27(21(13)32)9-16(29)22-8-15(28)24-14-7-3-5-12-17(14)20(31)26-25-19(12)30/h2-7,10H,8-9H2,1H3,(H,22,29)(H,24,28)(H,25,30)(H,26,31). The zero-order valence-electron chi connectivity index (χ0n) is 16.9. The first-order valence-corrected chi connectivity index (χ1v) is 9.60. The molecule has 0 bridgehead atoms. The molecule has 0 radical (unpaired) electrons. The molecule has 32 heavy (non-hydrogen) atoms. The maximum absolute atomic E-state index is 12.6. The summed E-state index contributed by atoms with van der Waals surface area (Å²) in [5.41, 5.74) is 0.115. The number of aromatic nitrogens is 4. The van der Waals surface area contributed by atoms with Crippen LogP contribution in [0.3, 0.4) is 0 Å². The van der Waals surface area contributed by atoms with Gasteiger partial charge in [-0.05, 0) is 30.7 Å². The molecule has 4 aromatic rings. The van der Waals surface area contributed by atoms with E-state index in [1.54, 1.807) is 12.1 Å². The molecule has 162 valence electrons. The number of hydrogen-bond acceptors (Lipinski definition) is 6. The van der Waals surface area contributed by atoms with Crippen molar-refractivity contribution in [3.05, 3.63) is 79.4 Å². The molecule has 11 nitrogen and oxygen atoms in total. The van der Waals surface area contributed by atoms with Crippen molar-refractivity contribution in [3.8, 4) is 0 Å². The molecule has 0 unspecified atom stereocenters. The average molecular weight is 434 g/mol. The smallest absolute Gasteiger partial charge is 0.272 e. The Bertz CT molecular complexity index is 1550. The first-order valence-electron chi connectivity index (χ1n) is 9.60. The highest BCUT2D eigenvalue weighted by atomic mass is 16.2. The topological polar surface area (TPSA) is 159 Å². The monoisotopic (exact) mass is 434 g/mol. The predicted octanol–water partition coefficient (Wildman–Crippen LogP) is -0.0104. The number of para-hydroxylation sites is 1. The van der Waals surface area contributed by atoms with Gasteiger partial charge in [-0.15, -0.1) is 0 Å². The third-order valence-corrected chi connectivity index (χ3v) is 4.92. The number of aromatic amines is 2. The molecule has 4 rings (SSSR count). The second-order valence-corrected chi connectivity index (χ2v) is 7.11. The number of nitrogens with zero attached hydrogens (tertiary/aromatic N) is 2. The number of carbonyl (C=O) groups excluding carboxylic acids is 2. The maximum Gasteiger partial charge on any atom is 0.272 e. The molecule has 0 fully saturated rings. The minimum atomic E-state index is -0.606. The fourth-order valence-electron chi connectivity index (χ4n) is 3.37. The molecule has 0 atom stereocenters. The van der Waals surface area contributed by atoms with E-state index in [4.69, 9.17) is 0 Å². The fourth-order valence-corrected chi connectivity index (χ4v) is 3.37. The molecular formula is C21H18N6O5. The SMILES string of the molecule is Cc1cccc2c(=O)n(CC(=O)NCC(=O)Nc3cccc4c(=O)[nH][nH]c(=O)c34)cnc12. The van der Waals surface area contributed by atoms with E-state index in [0.717, 1.165) is 10.1 Å². The average Bonchev–Trinajstić information content (AvgIpc) is 2.77. The van der Waals surface area contributed by atoms with Gasteiger partial charge in [0.05, 0.1) is 40.2 Å². The van der Waals surface area contributed by atoms with Crippen molar-refractivity contribution in [2.75, 3.05) is 11.9 Å². The molecule has 0 spiro atoms. The lowest BCUT2D eigenvalue weighted by Gasteiger charge is -2.10. The van der Waals surface area contributed by atoms with Crippen LogP contribution in [0.25, 0.3) is 21.7 Å². The van der Waals surface area contributed by atoms with Gasteiger partial charge in [-0.1, -0.05) is 18.2 Å². The molecule has 11 heteroatoms. The van der Waals surface area contributed by atoms with Crippen LogP contribution in [0.15, 0.2) is 57.1 Å². The van der Waals surface area contributed by atoms with Crippen LogP contribution >= 0.6 is 0 Å². The summed E-state index contributed by atoms with van der Waals surface area (Å²) in [5.74, 6) is -1.17. The fraction of sp³-hybridized carbons (Fsp3) is 0.143. The highest BCUT2D eigenvalue weighted by Gasteiger charge is 2.13. The third kappa shape index (κ3) is 3.90. The highest BCUT2D eigenvalue weighted by molar-refractivity contribution is 6.02. The molecule has 2 amide bonds. The largest absolute Gasteiger partial charge is 0.345 e. The van der Waals surface area contributed by atoms with Gasteiger partial charge in [0.1, 0.15) is 6.54 Å². The minimum Gasteiger partial charge on any atom is -0.345 e. The summed E-state index contributed by atoms with van der Waals surface area (Å²) in [6.07, 6.45) is 1.29. The van der Waals surface area contributed by atoms with Crippen molar-refractivity contribution < 1.29 is 9.59 Å². The summed E-state index contributed by atoms with van der Waals surface area (Å²) in [6, 6.07) is 9.66. The second-order valence-electron chi connectivity index (χ2n) is 7.11. The number of amides is 2. The maximum atomic E-state index is 12.6. The molecule has 2 aromatic heterocycles. The first-order chi connectivity index (χ1) is 15.3.